The maximum atomic E-state index is 13.6. The monoisotopic (exact) mass is 514 g/mol. The molecule has 4 aliphatic heterocycles. The zero-order chi connectivity index (χ0) is 24.9. The van der Waals surface area contributed by atoms with Gasteiger partial charge in [0.2, 0.25) is 0 Å². The second kappa shape index (κ2) is 8.93. The van der Waals surface area contributed by atoms with E-state index in [2.05, 4.69) is 22.4 Å². The molecule has 0 N–H and O–H groups in total. The molecule has 36 heavy (non-hydrogen) atoms. The molecule has 2 fully saturated rings. The number of para-hydroxylation sites is 1. The SMILES string of the molecule is O=C(C1=CC2=CC=C[N@@+]2(N2CCC(c3cc(C(F)(F)F)nn3-c3ccccc3)CC2)C1)N1CCSC1. The van der Waals surface area contributed by atoms with Crippen molar-refractivity contribution in [2.24, 2.45) is 0 Å². The molecule has 1 atom stereocenters. The predicted octanol–water partition coefficient (Wildman–Crippen LogP) is 4.69. The van der Waals surface area contributed by atoms with Crippen molar-refractivity contribution in [2.75, 3.05) is 37.8 Å². The number of allylic oxidation sites excluding steroid dienone is 3. The van der Waals surface area contributed by atoms with Crippen molar-refractivity contribution in [3.05, 3.63) is 83.5 Å². The summed E-state index contributed by atoms with van der Waals surface area (Å²) in [6, 6.07) is 10.2. The van der Waals surface area contributed by atoms with E-state index in [-0.39, 0.29) is 11.8 Å². The largest absolute Gasteiger partial charge is 0.435 e. The summed E-state index contributed by atoms with van der Waals surface area (Å²) < 4.78 is 42.6. The van der Waals surface area contributed by atoms with Gasteiger partial charge in [0.25, 0.3) is 5.91 Å². The predicted molar refractivity (Wildman–Crippen MR) is 132 cm³/mol. The standard InChI is InChI=1S/C26H27F3N5OS/c27-26(28,29)24-16-23(33(30-24)21-5-2-1-3-6-21)19-8-10-32(11-9-19)34-13-4-7-22(34)15-20(17-34)25(35)31-12-14-36-18-31/h1-7,13,15-16,19H,8-12,14,17-18H2/q+1/t34-/m1/s1. The summed E-state index contributed by atoms with van der Waals surface area (Å²) in [5, 5.41) is 6.29. The Balaban J connectivity index is 1.21. The van der Waals surface area contributed by atoms with E-state index in [4.69, 9.17) is 0 Å². The lowest BCUT2D eigenvalue weighted by Gasteiger charge is -2.43. The highest BCUT2D eigenvalue weighted by molar-refractivity contribution is 7.99. The lowest BCUT2D eigenvalue weighted by molar-refractivity contribution is -0.949. The average molecular weight is 515 g/mol. The number of halogens is 3. The molecule has 6 rings (SSSR count). The highest BCUT2D eigenvalue weighted by atomic mass is 32.2. The number of rotatable bonds is 4. The van der Waals surface area contributed by atoms with Crippen LogP contribution in [-0.4, -0.2) is 68.0 Å². The van der Waals surface area contributed by atoms with Crippen LogP contribution in [0, 0.1) is 0 Å². The molecule has 0 saturated carbocycles. The normalized spacial score (nSPS) is 24.8. The third-order valence-corrected chi connectivity index (χ3v) is 8.48. The number of hydrogen-bond donors (Lipinski definition) is 0. The number of alkyl halides is 3. The second-order valence-corrected chi connectivity index (χ2v) is 10.7. The van der Waals surface area contributed by atoms with Crippen LogP contribution in [0.25, 0.3) is 5.69 Å². The molecule has 2 saturated heterocycles. The zero-order valence-corrected chi connectivity index (χ0v) is 20.5. The highest BCUT2D eigenvalue weighted by Crippen LogP contribution is 2.41. The van der Waals surface area contributed by atoms with Gasteiger partial charge in [-0.05, 0) is 37.1 Å². The third-order valence-electron chi connectivity index (χ3n) is 7.52. The lowest BCUT2D eigenvalue weighted by atomic mass is 9.93. The molecule has 1 aromatic heterocycles. The van der Waals surface area contributed by atoms with Gasteiger partial charge in [0.15, 0.2) is 11.4 Å². The van der Waals surface area contributed by atoms with E-state index in [0.717, 1.165) is 29.4 Å². The summed E-state index contributed by atoms with van der Waals surface area (Å²) in [6.45, 7) is 2.80. The van der Waals surface area contributed by atoms with Crippen molar-refractivity contribution < 1.29 is 22.6 Å². The number of quaternary nitrogens is 1. The maximum Gasteiger partial charge on any atom is 0.435 e. The minimum absolute atomic E-state index is 0.0412. The van der Waals surface area contributed by atoms with Crippen LogP contribution in [-0.2, 0) is 11.0 Å². The van der Waals surface area contributed by atoms with Crippen LogP contribution in [0.4, 0.5) is 13.2 Å². The van der Waals surface area contributed by atoms with E-state index in [1.807, 2.05) is 23.1 Å². The molecule has 5 heterocycles. The van der Waals surface area contributed by atoms with Crippen LogP contribution in [0.3, 0.4) is 0 Å². The molecule has 1 amide bonds. The zero-order valence-electron chi connectivity index (χ0n) is 19.7. The first kappa shape index (κ1) is 23.6. The summed E-state index contributed by atoms with van der Waals surface area (Å²) in [5.74, 6) is 1.79. The minimum Gasteiger partial charge on any atom is -0.329 e. The summed E-state index contributed by atoms with van der Waals surface area (Å²) >= 11 is 1.77. The van der Waals surface area contributed by atoms with Crippen LogP contribution >= 0.6 is 11.8 Å². The number of benzene rings is 1. The molecule has 0 aliphatic carbocycles. The van der Waals surface area contributed by atoms with Crippen molar-refractivity contribution >= 4 is 17.7 Å². The number of fused-ring (bicyclic) bond motifs is 1. The van der Waals surface area contributed by atoms with Gasteiger partial charge < -0.3 is 4.90 Å². The van der Waals surface area contributed by atoms with E-state index >= 15 is 0 Å². The van der Waals surface area contributed by atoms with Gasteiger partial charge in [-0.25, -0.2) is 4.68 Å². The first-order valence-electron chi connectivity index (χ1n) is 12.2. The molecule has 4 aliphatic rings. The van der Waals surface area contributed by atoms with Crippen LogP contribution < -0.4 is 0 Å². The molecule has 188 valence electrons. The summed E-state index contributed by atoms with van der Waals surface area (Å²) in [5.41, 5.74) is 2.28. The first-order valence-corrected chi connectivity index (χ1v) is 13.3. The number of piperidine rings is 1. The van der Waals surface area contributed by atoms with Gasteiger partial charge in [0.1, 0.15) is 12.7 Å². The third kappa shape index (κ3) is 4.01. The smallest absolute Gasteiger partial charge is 0.329 e. The van der Waals surface area contributed by atoms with Crippen molar-refractivity contribution in [1.29, 1.82) is 0 Å². The van der Waals surface area contributed by atoms with Crippen molar-refractivity contribution in [2.45, 2.75) is 24.9 Å². The van der Waals surface area contributed by atoms with Gasteiger partial charge in [-0.15, -0.1) is 16.8 Å². The summed E-state index contributed by atoms with van der Waals surface area (Å²) in [6.07, 6.45) is 5.17. The Morgan fingerprint density at radius 1 is 1.11 bits per heavy atom. The Hall–Kier alpha value is -2.82. The first-order chi connectivity index (χ1) is 17.3. The van der Waals surface area contributed by atoms with Crippen LogP contribution in [0.2, 0.25) is 0 Å². The fourth-order valence-electron chi connectivity index (χ4n) is 5.67. The Bertz CT molecular complexity index is 1250. The molecule has 10 heteroatoms. The van der Waals surface area contributed by atoms with Gasteiger partial charge in [-0.3, -0.25) is 4.79 Å². The second-order valence-electron chi connectivity index (χ2n) is 9.62. The minimum atomic E-state index is -4.49. The molecule has 6 nitrogen and oxygen atoms in total. The van der Waals surface area contributed by atoms with Gasteiger partial charge in [-0.1, -0.05) is 18.2 Å². The summed E-state index contributed by atoms with van der Waals surface area (Å²) in [4.78, 5) is 15.0. The summed E-state index contributed by atoms with van der Waals surface area (Å²) in [7, 11) is 0. The highest BCUT2D eigenvalue weighted by Gasteiger charge is 2.48. The van der Waals surface area contributed by atoms with Gasteiger partial charge in [0.05, 0.1) is 17.1 Å². The number of carbonyl (C=O) groups is 1. The van der Waals surface area contributed by atoms with E-state index in [9.17, 15) is 18.0 Å². The molecule has 1 aromatic carbocycles. The lowest BCUT2D eigenvalue weighted by Crippen LogP contribution is -2.56. The fraction of sp³-hybridized carbons (Fsp3) is 0.385. The Morgan fingerprint density at radius 2 is 1.89 bits per heavy atom. The number of aromatic nitrogens is 2. The van der Waals surface area contributed by atoms with Gasteiger partial charge in [-0.2, -0.15) is 22.9 Å². The van der Waals surface area contributed by atoms with Crippen LogP contribution in [0.15, 0.2) is 72.1 Å². The number of nitrogens with zero attached hydrogens (tertiary/aromatic N) is 5. The van der Waals surface area contributed by atoms with E-state index in [1.165, 1.54) is 10.7 Å². The number of thioether (sulfide) groups is 1. The van der Waals surface area contributed by atoms with Crippen molar-refractivity contribution in [3.8, 4) is 5.69 Å². The number of carbonyl (C=O) groups excluding carboxylic acids is 1. The molecular formula is C26H27F3N5OS+. The van der Waals surface area contributed by atoms with Crippen LogP contribution in [0.1, 0.15) is 30.1 Å². The molecule has 0 radical (unpaired) electrons. The fourth-order valence-corrected chi connectivity index (χ4v) is 6.62. The van der Waals surface area contributed by atoms with Crippen LogP contribution in [0.5, 0.6) is 0 Å². The molecule has 0 spiro atoms. The molecular weight excluding hydrogens is 487 g/mol. The quantitative estimate of drug-likeness (QED) is 0.556. The Morgan fingerprint density at radius 3 is 2.58 bits per heavy atom. The van der Waals surface area contributed by atoms with Crippen molar-refractivity contribution in [3.63, 3.8) is 0 Å². The van der Waals surface area contributed by atoms with Gasteiger partial charge >= 0.3 is 6.18 Å². The Labute approximate surface area is 211 Å². The number of hydrogen-bond acceptors (Lipinski definition) is 4. The van der Waals surface area contributed by atoms with E-state index in [0.29, 0.717) is 48.4 Å². The maximum absolute atomic E-state index is 13.6. The van der Waals surface area contributed by atoms with E-state index in [1.54, 1.807) is 36.0 Å². The molecule has 0 bridgehead atoms. The van der Waals surface area contributed by atoms with E-state index < -0.39 is 11.9 Å². The average Bonchev–Trinajstić information content (AvgIpc) is 3.67. The number of amides is 1. The molecule has 0 unspecified atom stereocenters. The topological polar surface area (TPSA) is 41.4 Å². The molecule has 2 aromatic rings. The van der Waals surface area contributed by atoms with Gasteiger partial charge in [0, 0.05) is 49.2 Å². The Kier molecular flexibility index (Phi) is 5.85. The van der Waals surface area contributed by atoms with Crippen molar-refractivity contribution in [1.82, 2.24) is 19.7 Å².